The van der Waals surface area contributed by atoms with E-state index in [1.165, 1.54) is 0 Å². The summed E-state index contributed by atoms with van der Waals surface area (Å²) < 4.78 is 5.75. The second-order valence-electron chi connectivity index (χ2n) is 3.20. The van der Waals surface area contributed by atoms with E-state index in [9.17, 15) is 0 Å². The van der Waals surface area contributed by atoms with Gasteiger partial charge in [-0.25, -0.2) is 0 Å². The number of hydrogen-bond donors (Lipinski definition) is 0. The molecule has 1 atom stereocenters. The lowest BCUT2D eigenvalue weighted by Gasteiger charge is -2.16. The Bertz CT molecular complexity index is 301. The number of benzene rings is 1. The minimum absolute atomic E-state index is 0.202. The maximum atomic E-state index is 6.06. The van der Waals surface area contributed by atoms with E-state index in [2.05, 4.69) is 22.9 Å². The average molecular weight is 278 g/mol. The van der Waals surface area contributed by atoms with Gasteiger partial charge in [0, 0.05) is 10.9 Å². The van der Waals surface area contributed by atoms with E-state index in [1.807, 2.05) is 25.1 Å². The summed E-state index contributed by atoms with van der Waals surface area (Å²) in [4.78, 5) is 0. The Morgan fingerprint density at radius 1 is 1.50 bits per heavy atom. The summed E-state index contributed by atoms with van der Waals surface area (Å²) in [6.07, 6.45) is 1.18. The van der Waals surface area contributed by atoms with Crippen LogP contribution in [0.5, 0.6) is 5.75 Å². The molecule has 14 heavy (non-hydrogen) atoms. The number of ether oxygens (including phenoxy) is 1. The van der Waals surface area contributed by atoms with Crippen LogP contribution in [0.15, 0.2) is 18.2 Å². The summed E-state index contributed by atoms with van der Waals surface area (Å²) in [5, 5.41) is 1.45. The van der Waals surface area contributed by atoms with E-state index in [0.717, 1.165) is 23.1 Å². The lowest BCUT2D eigenvalue weighted by molar-refractivity contribution is 0.216. The Morgan fingerprint density at radius 3 is 2.79 bits per heavy atom. The molecule has 1 unspecified atom stereocenters. The molecule has 0 aliphatic rings. The van der Waals surface area contributed by atoms with Gasteiger partial charge in [-0.2, -0.15) is 0 Å². The van der Waals surface area contributed by atoms with Crippen LogP contribution < -0.4 is 4.74 Å². The van der Waals surface area contributed by atoms with E-state index in [0.29, 0.717) is 5.02 Å². The normalized spacial score (nSPS) is 12.6. The van der Waals surface area contributed by atoms with E-state index < -0.39 is 0 Å². The van der Waals surface area contributed by atoms with Crippen molar-refractivity contribution in [3.8, 4) is 5.75 Å². The molecular formula is C11H14BrClO. The smallest absolute Gasteiger partial charge is 0.142 e. The fourth-order valence-electron chi connectivity index (χ4n) is 1.08. The Hall–Kier alpha value is -0.210. The molecule has 0 aromatic heterocycles. The Balaban J connectivity index is 2.92. The fraction of sp³-hybridized carbons (Fsp3) is 0.455. The van der Waals surface area contributed by atoms with Crippen LogP contribution in [0.25, 0.3) is 0 Å². The van der Waals surface area contributed by atoms with Crippen LogP contribution in [0.3, 0.4) is 0 Å². The second kappa shape index (κ2) is 5.62. The molecule has 3 heteroatoms. The van der Waals surface area contributed by atoms with Crippen LogP contribution in [-0.4, -0.2) is 6.10 Å². The van der Waals surface area contributed by atoms with Crippen LogP contribution in [0.1, 0.15) is 25.8 Å². The summed E-state index contributed by atoms with van der Waals surface area (Å²) in [7, 11) is 0. The van der Waals surface area contributed by atoms with Gasteiger partial charge in [0.05, 0.1) is 11.1 Å². The lowest BCUT2D eigenvalue weighted by atomic mass is 10.2. The fourth-order valence-corrected chi connectivity index (χ4v) is 1.76. The summed E-state index contributed by atoms with van der Waals surface area (Å²) in [5.41, 5.74) is 1.10. The molecule has 1 aromatic carbocycles. The van der Waals surface area contributed by atoms with Gasteiger partial charge in [-0.3, -0.25) is 0 Å². The maximum absolute atomic E-state index is 6.06. The van der Waals surface area contributed by atoms with Gasteiger partial charge in [-0.05, 0) is 19.4 Å². The molecule has 0 saturated heterocycles. The quantitative estimate of drug-likeness (QED) is 0.741. The van der Waals surface area contributed by atoms with Gasteiger partial charge in [0.15, 0.2) is 0 Å². The third kappa shape index (κ3) is 2.89. The van der Waals surface area contributed by atoms with Crippen LogP contribution >= 0.6 is 27.5 Å². The van der Waals surface area contributed by atoms with Crippen molar-refractivity contribution in [2.75, 3.05) is 0 Å². The number of para-hydroxylation sites is 1. The van der Waals surface area contributed by atoms with Crippen molar-refractivity contribution in [1.29, 1.82) is 0 Å². The third-order valence-corrected chi connectivity index (χ3v) is 2.99. The Kier molecular flexibility index (Phi) is 4.76. The number of alkyl halides is 1. The monoisotopic (exact) mass is 276 g/mol. The molecule has 0 aliphatic carbocycles. The average Bonchev–Trinajstić information content (AvgIpc) is 2.20. The first kappa shape index (κ1) is 11.9. The SMILES string of the molecule is CCC(C)Oc1c(Cl)cccc1CBr. The molecule has 0 N–H and O–H groups in total. The molecule has 0 heterocycles. The van der Waals surface area contributed by atoms with Gasteiger partial charge in [0.25, 0.3) is 0 Å². The van der Waals surface area contributed by atoms with Crippen molar-refractivity contribution in [2.45, 2.75) is 31.7 Å². The standard InChI is InChI=1S/C11H14BrClO/c1-3-8(2)14-11-9(7-12)5-4-6-10(11)13/h4-6,8H,3,7H2,1-2H3. The zero-order chi connectivity index (χ0) is 10.6. The van der Waals surface area contributed by atoms with E-state index in [1.54, 1.807) is 0 Å². The predicted octanol–water partition coefficient (Wildman–Crippen LogP) is 4.41. The highest BCUT2D eigenvalue weighted by Gasteiger charge is 2.09. The topological polar surface area (TPSA) is 9.23 Å². The van der Waals surface area contributed by atoms with Crippen molar-refractivity contribution in [2.24, 2.45) is 0 Å². The zero-order valence-electron chi connectivity index (χ0n) is 8.39. The highest BCUT2D eigenvalue weighted by molar-refractivity contribution is 9.08. The molecule has 0 radical (unpaired) electrons. The molecule has 1 nitrogen and oxygen atoms in total. The first-order valence-electron chi connectivity index (χ1n) is 4.69. The number of halogens is 2. The maximum Gasteiger partial charge on any atom is 0.142 e. The second-order valence-corrected chi connectivity index (χ2v) is 4.17. The highest BCUT2D eigenvalue weighted by atomic mass is 79.9. The van der Waals surface area contributed by atoms with Crippen LogP contribution in [0.4, 0.5) is 0 Å². The van der Waals surface area contributed by atoms with Gasteiger partial charge < -0.3 is 4.74 Å². The predicted molar refractivity (Wildman–Crippen MR) is 64.5 cm³/mol. The molecule has 0 fully saturated rings. The Labute approximate surface area is 98.5 Å². The van der Waals surface area contributed by atoms with Gasteiger partial charge in [-0.15, -0.1) is 0 Å². The number of rotatable bonds is 4. The van der Waals surface area contributed by atoms with Crippen molar-refractivity contribution < 1.29 is 4.74 Å². The molecule has 0 saturated carbocycles. The molecule has 0 bridgehead atoms. The molecule has 0 amide bonds. The first-order valence-corrected chi connectivity index (χ1v) is 6.19. The Morgan fingerprint density at radius 2 is 2.21 bits per heavy atom. The largest absolute Gasteiger partial charge is 0.489 e. The molecular weight excluding hydrogens is 263 g/mol. The van der Waals surface area contributed by atoms with Gasteiger partial charge in [-0.1, -0.05) is 46.6 Å². The van der Waals surface area contributed by atoms with Gasteiger partial charge in [0.2, 0.25) is 0 Å². The van der Waals surface area contributed by atoms with Crippen molar-refractivity contribution in [3.63, 3.8) is 0 Å². The van der Waals surface area contributed by atoms with Crippen LogP contribution in [0.2, 0.25) is 5.02 Å². The zero-order valence-corrected chi connectivity index (χ0v) is 10.7. The minimum atomic E-state index is 0.202. The molecule has 1 rings (SSSR count). The molecule has 0 spiro atoms. The summed E-state index contributed by atoms with van der Waals surface area (Å²) in [6, 6.07) is 5.80. The third-order valence-electron chi connectivity index (χ3n) is 2.09. The van der Waals surface area contributed by atoms with Gasteiger partial charge in [0.1, 0.15) is 5.75 Å². The molecule has 1 aromatic rings. The summed E-state index contributed by atoms with van der Waals surface area (Å²) in [5.74, 6) is 0.806. The molecule has 0 aliphatic heterocycles. The highest BCUT2D eigenvalue weighted by Crippen LogP contribution is 2.31. The first-order chi connectivity index (χ1) is 6.69. The van der Waals surface area contributed by atoms with E-state index in [4.69, 9.17) is 16.3 Å². The number of hydrogen-bond acceptors (Lipinski definition) is 1. The van der Waals surface area contributed by atoms with Gasteiger partial charge >= 0.3 is 0 Å². The van der Waals surface area contributed by atoms with Crippen molar-refractivity contribution in [1.82, 2.24) is 0 Å². The van der Waals surface area contributed by atoms with Crippen molar-refractivity contribution in [3.05, 3.63) is 28.8 Å². The van der Waals surface area contributed by atoms with E-state index >= 15 is 0 Å². The summed E-state index contributed by atoms with van der Waals surface area (Å²) in [6.45, 7) is 4.14. The van der Waals surface area contributed by atoms with Crippen LogP contribution in [-0.2, 0) is 5.33 Å². The molecule has 78 valence electrons. The minimum Gasteiger partial charge on any atom is -0.489 e. The summed E-state index contributed by atoms with van der Waals surface area (Å²) >= 11 is 9.48. The lowest BCUT2D eigenvalue weighted by Crippen LogP contribution is -2.11. The van der Waals surface area contributed by atoms with Crippen molar-refractivity contribution >= 4 is 27.5 Å². The van der Waals surface area contributed by atoms with Crippen LogP contribution in [0, 0.1) is 0 Å². The van der Waals surface area contributed by atoms with E-state index in [-0.39, 0.29) is 6.10 Å².